The van der Waals surface area contributed by atoms with E-state index in [9.17, 15) is 17.2 Å². The molecule has 1 aromatic rings. The first-order valence-corrected chi connectivity index (χ1v) is 8.79. The van der Waals surface area contributed by atoms with E-state index in [2.05, 4.69) is 0 Å². The van der Waals surface area contributed by atoms with E-state index in [1.165, 1.54) is 4.31 Å². The molecule has 1 fully saturated rings. The highest BCUT2D eigenvalue weighted by Crippen LogP contribution is 2.30. The molecule has 0 aromatic heterocycles. The van der Waals surface area contributed by atoms with Crippen molar-refractivity contribution in [3.05, 3.63) is 29.3 Å². The van der Waals surface area contributed by atoms with Gasteiger partial charge in [-0.15, -0.1) is 11.6 Å². The van der Waals surface area contributed by atoms with Gasteiger partial charge < -0.3 is 0 Å². The number of hydrogen-bond acceptors (Lipinski definition) is 2. The quantitative estimate of drug-likeness (QED) is 0.790. The molecule has 0 bridgehead atoms. The number of halogens is 3. The Bertz CT molecular complexity index is 634. The largest absolute Gasteiger partial charge is 0.246 e. The summed E-state index contributed by atoms with van der Waals surface area (Å²) in [4.78, 5) is -0.623. The second-order valence-corrected chi connectivity index (χ2v) is 7.85. The predicted octanol–water partition coefficient (Wildman–Crippen LogP) is 3.37. The van der Waals surface area contributed by atoms with E-state index in [1.54, 1.807) is 0 Å². The van der Waals surface area contributed by atoms with Crippen molar-refractivity contribution in [1.82, 2.24) is 4.31 Å². The SMILES string of the molecule is CC(C)C1CCN(S(=O)(=O)c2cc(CCl)cc(F)c2F)C1. The van der Waals surface area contributed by atoms with Crippen molar-refractivity contribution < 1.29 is 17.2 Å². The van der Waals surface area contributed by atoms with Crippen LogP contribution in [0.5, 0.6) is 0 Å². The Labute approximate surface area is 129 Å². The predicted molar refractivity (Wildman–Crippen MR) is 77.6 cm³/mol. The van der Waals surface area contributed by atoms with Crippen LogP contribution in [0.4, 0.5) is 8.78 Å². The average molecular weight is 338 g/mol. The Hall–Kier alpha value is -0.720. The van der Waals surface area contributed by atoms with E-state index in [1.807, 2.05) is 13.8 Å². The molecular weight excluding hydrogens is 320 g/mol. The zero-order valence-electron chi connectivity index (χ0n) is 11.9. The summed E-state index contributed by atoms with van der Waals surface area (Å²) in [5, 5.41) is 0. The topological polar surface area (TPSA) is 37.4 Å². The fraction of sp³-hybridized carbons (Fsp3) is 0.571. The summed E-state index contributed by atoms with van der Waals surface area (Å²) in [6.45, 7) is 4.72. The summed E-state index contributed by atoms with van der Waals surface area (Å²) in [6.07, 6.45) is 0.732. The average Bonchev–Trinajstić information content (AvgIpc) is 2.92. The second-order valence-electron chi connectivity index (χ2n) is 5.68. The monoisotopic (exact) mass is 337 g/mol. The van der Waals surface area contributed by atoms with Gasteiger partial charge in [-0.05, 0) is 36.0 Å². The molecule has 0 spiro atoms. The van der Waals surface area contributed by atoms with Gasteiger partial charge in [0.05, 0.1) is 0 Å². The minimum absolute atomic E-state index is 0.0751. The molecule has 1 saturated heterocycles. The lowest BCUT2D eigenvalue weighted by Crippen LogP contribution is -2.30. The minimum atomic E-state index is -4.03. The smallest absolute Gasteiger partial charge is 0.207 e. The standard InChI is InChI=1S/C14H18ClF2NO2S/c1-9(2)11-3-4-18(8-11)21(19,20)13-6-10(7-15)5-12(16)14(13)17/h5-6,9,11H,3-4,7-8H2,1-2H3. The molecule has 0 N–H and O–H groups in total. The van der Waals surface area contributed by atoms with Gasteiger partial charge in [0, 0.05) is 19.0 Å². The molecule has 3 nitrogen and oxygen atoms in total. The number of benzene rings is 1. The first kappa shape index (κ1) is 16.6. The Morgan fingerprint density at radius 1 is 1.38 bits per heavy atom. The molecule has 118 valence electrons. The Kier molecular flexibility index (Phi) is 4.90. The van der Waals surface area contributed by atoms with Crippen LogP contribution in [0.1, 0.15) is 25.8 Å². The maximum Gasteiger partial charge on any atom is 0.246 e. The third-order valence-corrected chi connectivity index (χ3v) is 6.13. The molecule has 7 heteroatoms. The van der Waals surface area contributed by atoms with Crippen molar-refractivity contribution in [3.63, 3.8) is 0 Å². The van der Waals surface area contributed by atoms with E-state index in [4.69, 9.17) is 11.6 Å². The summed E-state index contributed by atoms with van der Waals surface area (Å²) in [5.41, 5.74) is 0.244. The van der Waals surface area contributed by atoms with Gasteiger partial charge in [0.25, 0.3) is 0 Å². The molecule has 0 saturated carbocycles. The van der Waals surface area contributed by atoms with Crippen LogP contribution < -0.4 is 0 Å². The second kappa shape index (κ2) is 6.18. The lowest BCUT2D eigenvalue weighted by atomic mass is 9.96. The zero-order chi connectivity index (χ0) is 15.8. The number of rotatable bonds is 4. The molecule has 0 aliphatic carbocycles. The molecule has 21 heavy (non-hydrogen) atoms. The van der Waals surface area contributed by atoms with Gasteiger partial charge in [0.1, 0.15) is 4.90 Å². The molecule has 1 aliphatic rings. The summed E-state index contributed by atoms with van der Waals surface area (Å²) in [5.74, 6) is -2.01. The lowest BCUT2D eigenvalue weighted by molar-refractivity contribution is 0.386. The molecule has 1 unspecified atom stereocenters. The van der Waals surface area contributed by atoms with Gasteiger partial charge in [-0.25, -0.2) is 17.2 Å². The molecule has 0 amide bonds. The Morgan fingerprint density at radius 3 is 2.57 bits per heavy atom. The van der Waals surface area contributed by atoms with E-state index in [0.29, 0.717) is 19.0 Å². The first-order chi connectivity index (χ1) is 9.77. The summed E-state index contributed by atoms with van der Waals surface area (Å²) in [6, 6.07) is 2.03. The van der Waals surface area contributed by atoms with Gasteiger partial charge in [-0.2, -0.15) is 4.31 Å². The van der Waals surface area contributed by atoms with Crippen LogP contribution in [0, 0.1) is 23.5 Å². The zero-order valence-corrected chi connectivity index (χ0v) is 13.5. The number of nitrogens with zero attached hydrogens (tertiary/aromatic N) is 1. The highest BCUT2D eigenvalue weighted by atomic mass is 35.5. The summed E-state index contributed by atoms with van der Waals surface area (Å²) in [7, 11) is -4.03. The molecule has 2 rings (SSSR count). The van der Waals surface area contributed by atoms with Crippen LogP contribution in [-0.4, -0.2) is 25.8 Å². The number of alkyl halides is 1. The van der Waals surface area contributed by atoms with Crippen molar-refractivity contribution in [2.75, 3.05) is 13.1 Å². The van der Waals surface area contributed by atoms with E-state index < -0.39 is 26.6 Å². The normalized spacial score (nSPS) is 20.4. The summed E-state index contributed by atoms with van der Waals surface area (Å²) >= 11 is 5.60. The maximum absolute atomic E-state index is 13.9. The fourth-order valence-corrected chi connectivity index (χ4v) is 4.33. The van der Waals surface area contributed by atoms with E-state index in [-0.39, 0.29) is 17.4 Å². The first-order valence-electron chi connectivity index (χ1n) is 6.81. The van der Waals surface area contributed by atoms with Gasteiger partial charge >= 0.3 is 0 Å². The van der Waals surface area contributed by atoms with Gasteiger partial charge in [-0.1, -0.05) is 13.8 Å². The third-order valence-electron chi connectivity index (χ3n) is 3.96. The van der Waals surface area contributed by atoms with Crippen LogP contribution in [0.25, 0.3) is 0 Å². The van der Waals surface area contributed by atoms with Gasteiger partial charge in [0.15, 0.2) is 11.6 Å². The van der Waals surface area contributed by atoms with Crippen molar-refractivity contribution in [2.45, 2.75) is 31.0 Å². The van der Waals surface area contributed by atoms with Gasteiger partial charge in [-0.3, -0.25) is 0 Å². The van der Waals surface area contributed by atoms with Crippen LogP contribution in [0.15, 0.2) is 17.0 Å². The van der Waals surface area contributed by atoms with Crippen LogP contribution in [0.2, 0.25) is 0 Å². The molecule has 1 aliphatic heterocycles. The molecule has 1 aromatic carbocycles. The maximum atomic E-state index is 13.9. The van der Waals surface area contributed by atoms with Crippen LogP contribution in [-0.2, 0) is 15.9 Å². The van der Waals surface area contributed by atoms with Crippen LogP contribution >= 0.6 is 11.6 Å². The fourth-order valence-electron chi connectivity index (χ4n) is 2.54. The Morgan fingerprint density at radius 2 is 2.05 bits per heavy atom. The number of sulfonamides is 1. The lowest BCUT2D eigenvalue weighted by Gasteiger charge is -2.19. The molecule has 1 heterocycles. The van der Waals surface area contributed by atoms with Gasteiger partial charge in [0.2, 0.25) is 10.0 Å². The molecular formula is C14H18ClF2NO2S. The van der Waals surface area contributed by atoms with E-state index >= 15 is 0 Å². The van der Waals surface area contributed by atoms with Crippen molar-refractivity contribution in [3.8, 4) is 0 Å². The van der Waals surface area contributed by atoms with E-state index in [0.717, 1.165) is 18.6 Å². The van der Waals surface area contributed by atoms with Crippen molar-refractivity contribution >= 4 is 21.6 Å². The number of hydrogen-bond donors (Lipinski definition) is 0. The third kappa shape index (κ3) is 3.22. The summed E-state index contributed by atoms with van der Waals surface area (Å²) < 4.78 is 53.7. The van der Waals surface area contributed by atoms with Crippen molar-refractivity contribution in [2.24, 2.45) is 11.8 Å². The van der Waals surface area contributed by atoms with Crippen molar-refractivity contribution in [1.29, 1.82) is 0 Å². The molecule has 0 radical (unpaired) electrons. The highest BCUT2D eigenvalue weighted by molar-refractivity contribution is 7.89. The van der Waals surface area contributed by atoms with Crippen LogP contribution in [0.3, 0.4) is 0 Å². The highest BCUT2D eigenvalue weighted by Gasteiger charge is 2.36. The Balaban J connectivity index is 2.39. The molecule has 1 atom stereocenters. The minimum Gasteiger partial charge on any atom is -0.207 e.